The van der Waals surface area contributed by atoms with Gasteiger partial charge in [-0.2, -0.15) is 0 Å². The fourth-order valence-corrected chi connectivity index (χ4v) is 4.21. The molecule has 1 fully saturated rings. The first kappa shape index (κ1) is 25.4. The molecule has 1 aliphatic carbocycles. The quantitative estimate of drug-likeness (QED) is 0.342. The van der Waals surface area contributed by atoms with Gasteiger partial charge >= 0.3 is 0 Å². The first-order chi connectivity index (χ1) is 18.3. The third-order valence-electron chi connectivity index (χ3n) is 5.48. The summed E-state index contributed by atoms with van der Waals surface area (Å²) in [5, 5.41) is 11.5. The molecule has 0 radical (unpaired) electrons. The van der Waals surface area contributed by atoms with Gasteiger partial charge in [0.05, 0.1) is 23.9 Å². The van der Waals surface area contributed by atoms with E-state index in [9.17, 15) is 18.4 Å². The number of carbonyl (C=O) groups is 1. The molecule has 5 rings (SSSR count). The number of aromatic nitrogens is 5. The molecule has 1 saturated carbocycles. The van der Waals surface area contributed by atoms with Crippen LogP contribution in [0.3, 0.4) is 0 Å². The Balaban J connectivity index is 1.59. The largest absolute Gasteiger partial charge is 0.494 e. The minimum absolute atomic E-state index is 0.00866. The molecule has 0 saturated heterocycles. The highest BCUT2D eigenvalue weighted by Crippen LogP contribution is 2.35. The fraction of sp³-hybridized carbons (Fsp3) is 0.200. The summed E-state index contributed by atoms with van der Waals surface area (Å²) in [4.78, 5) is 33.8. The zero-order valence-electron chi connectivity index (χ0n) is 19.6. The predicted octanol–water partition coefficient (Wildman–Crippen LogP) is 4.76. The van der Waals surface area contributed by atoms with Gasteiger partial charge in [0.1, 0.15) is 17.3 Å². The molecule has 0 aliphatic heterocycles. The van der Waals surface area contributed by atoms with E-state index in [4.69, 9.17) is 16.3 Å². The second-order valence-electron chi connectivity index (χ2n) is 8.16. The SMILES string of the molecule is COc1cnc(C(F)F)cc1-c1cc(-n2cc(Cl)ccc2=O)ncc1C(=O)Nc1nnc(C#CC2CC2)s1. The zero-order chi connectivity index (χ0) is 26.8. The van der Waals surface area contributed by atoms with Crippen molar-refractivity contribution in [1.29, 1.82) is 0 Å². The van der Waals surface area contributed by atoms with Crippen LogP contribution in [0.2, 0.25) is 5.02 Å². The van der Waals surface area contributed by atoms with Crippen molar-refractivity contribution in [2.24, 2.45) is 5.92 Å². The number of pyridine rings is 3. The molecule has 0 atom stereocenters. The highest BCUT2D eigenvalue weighted by molar-refractivity contribution is 7.15. The number of hydrogen-bond acceptors (Lipinski definition) is 8. The van der Waals surface area contributed by atoms with Crippen LogP contribution in [-0.4, -0.2) is 37.7 Å². The number of alkyl halides is 2. The second kappa shape index (κ2) is 10.6. The maximum atomic E-state index is 13.5. The standard InChI is InChI=1S/C25H17ClF2N6O3S/c1-37-19-11-29-18(23(27)28)8-16(19)15-9-20(34-12-14(26)5-7-22(34)35)30-10-17(15)24(36)31-25-33-32-21(38-25)6-4-13-2-3-13/h5,7-13,23H,2-3H2,1H3,(H,31,33,36). The Bertz CT molecular complexity index is 1660. The predicted molar refractivity (Wildman–Crippen MR) is 137 cm³/mol. The summed E-state index contributed by atoms with van der Waals surface area (Å²) in [6.07, 6.45) is 2.98. The van der Waals surface area contributed by atoms with Crippen molar-refractivity contribution in [3.63, 3.8) is 0 Å². The Morgan fingerprint density at radius 2 is 2.03 bits per heavy atom. The molecule has 192 valence electrons. The highest BCUT2D eigenvalue weighted by atomic mass is 35.5. The van der Waals surface area contributed by atoms with Gasteiger partial charge in [0, 0.05) is 35.5 Å². The molecule has 0 bridgehead atoms. The minimum atomic E-state index is -2.87. The summed E-state index contributed by atoms with van der Waals surface area (Å²) in [7, 11) is 1.34. The van der Waals surface area contributed by atoms with E-state index in [1.54, 1.807) is 0 Å². The molecular formula is C25H17ClF2N6O3S. The number of ether oxygens (including phenoxy) is 1. The molecule has 4 heterocycles. The zero-order valence-corrected chi connectivity index (χ0v) is 21.2. The Labute approximate surface area is 223 Å². The molecule has 9 nitrogen and oxygen atoms in total. The van der Waals surface area contributed by atoms with Crippen molar-refractivity contribution in [1.82, 2.24) is 24.7 Å². The third kappa shape index (κ3) is 5.53. The molecule has 1 amide bonds. The van der Waals surface area contributed by atoms with Gasteiger partial charge in [-0.25, -0.2) is 13.8 Å². The van der Waals surface area contributed by atoms with Gasteiger partial charge < -0.3 is 4.74 Å². The Morgan fingerprint density at radius 1 is 1.21 bits per heavy atom. The second-order valence-corrected chi connectivity index (χ2v) is 9.58. The van der Waals surface area contributed by atoms with E-state index in [0.29, 0.717) is 10.9 Å². The lowest BCUT2D eigenvalue weighted by Gasteiger charge is -2.15. The van der Waals surface area contributed by atoms with Gasteiger partial charge in [-0.15, -0.1) is 10.2 Å². The van der Waals surface area contributed by atoms with E-state index in [-0.39, 0.29) is 38.4 Å². The van der Waals surface area contributed by atoms with Crippen molar-refractivity contribution in [3.05, 3.63) is 74.5 Å². The van der Waals surface area contributed by atoms with Crippen LogP contribution in [0, 0.1) is 17.8 Å². The van der Waals surface area contributed by atoms with Crippen molar-refractivity contribution < 1.29 is 18.3 Å². The van der Waals surface area contributed by atoms with E-state index in [2.05, 4.69) is 37.3 Å². The minimum Gasteiger partial charge on any atom is -0.494 e. The highest BCUT2D eigenvalue weighted by Gasteiger charge is 2.22. The summed E-state index contributed by atoms with van der Waals surface area (Å²) < 4.78 is 33.6. The number of anilines is 1. The topological polar surface area (TPSA) is 112 Å². The van der Waals surface area contributed by atoms with Crippen molar-refractivity contribution in [2.75, 3.05) is 12.4 Å². The monoisotopic (exact) mass is 554 g/mol. The van der Waals surface area contributed by atoms with Crippen LogP contribution in [0.1, 0.15) is 40.3 Å². The summed E-state index contributed by atoms with van der Waals surface area (Å²) in [6, 6.07) is 5.21. The van der Waals surface area contributed by atoms with E-state index in [0.717, 1.165) is 36.4 Å². The molecular weight excluding hydrogens is 538 g/mol. The summed E-state index contributed by atoms with van der Waals surface area (Å²) >= 11 is 7.16. The Morgan fingerprint density at radius 3 is 2.76 bits per heavy atom. The first-order valence-electron chi connectivity index (χ1n) is 11.2. The third-order valence-corrected chi connectivity index (χ3v) is 6.46. The number of hydrogen-bond donors (Lipinski definition) is 1. The fourth-order valence-electron chi connectivity index (χ4n) is 3.45. The van der Waals surface area contributed by atoms with E-state index in [1.165, 1.54) is 42.3 Å². The van der Waals surface area contributed by atoms with Crippen LogP contribution >= 0.6 is 22.9 Å². The molecule has 4 aromatic heterocycles. The van der Waals surface area contributed by atoms with Crippen molar-refractivity contribution >= 4 is 34.0 Å². The first-order valence-corrected chi connectivity index (χ1v) is 12.4. The smallest absolute Gasteiger partial charge is 0.280 e. The van der Waals surface area contributed by atoms with Crippen molar-refractivity contribution in [2.45, 2.75) is 19.3 Å². The maximum absolute atomic E-state index is 13.5. The van der Waals surface area contributed by atoms with Gasteiger partial charge in [0.25, 0.3) is 17.9 Å². The maximum Gasteiger partial charge on any atom is 0.280 e. The number of rotatable bonds is 6. The number of methoxy groups -OCH3 is 1. The number of halogens is 3. The molecule has 1 N–H and O–H groups in total. The lowest BCUT2D eigenvalue weighted by Crippen LogP contribution is -2.19. The number of nitrogens with one attached hydrogen (secondary N) is 1. The van der Waals surface area contributed by atoms with Crippen LogP contribution in [0.4, 0.5) is 13.9 Å². The van der Waals surface area contributed by atoms with E-state index >= 15 is 0 Å². The molecule has 13 heteroatoms. The normalized spacial score (nSPS) is 12.7. The Kier molecular flexibility index (Phi) is 7.13. The van der Waals surface area contributed by atoms with Crippen LogP contribution < -0.4 is 15.6 Å². The van der Waals surface area contributed by atoms with E-state index < -0.39 is 23.6 Å². The van der Waals surface area contributed by atoms with Crippen LogP contribution in [-0.2, 0) is 0 Å². The van der Waals surface area contributed by atoms with Crippen LogP contribution in [0.25, 0.3) is 16.9 Å². The lowest BCUT2D eigenvalue weighted by molar-refractivity contribution is 0.102. The average Bonchev–Trinajstić information content (AvgIpc) is 3.65. The number of carbonyl (C=O) groups excluding carboxylic acids is 1. The summed E-state index contributed by atoms with van der Waals surface area (Å²) in [5.74, 6) is 6.00. The van der Waals surface area contributed by atoms with Crippen LogP contribution in [0.5, 0.6) is 5.75 Å². The molecule has 0 unspecified atom stereocenters. The van der Waals surface area contributed by atoms with Gasteiger partial charge in [0.2, 0.25) is 5.13 Å². The molecule has 1 aliphatic rings. The van der Waals surface area contributed by atoms with Gasteiger partial charge in [-0.05, 0) is 37.0 Å². The van der Waals surface area contributed by atoms with E-state index in [1.807, 2.05) is 0 Å². The molecule has 0 spiro atoms. The lowest BCUT2D eigenvalue weighted by atomic mass is 10.00. The Hall–Kier alpha value is -4.21. The van der Waals surface area contributed by atoms with Gasteiger partial charge in [-0.3, -0.25) is 24.5 Å². The van der Waals surface area contributed by atoms with Crippen LogP contribution in [0.15, 0.2) is 47.7 Å². The molecule has 4 aromatic rings. The van der Waals surface area contributed by atoms with Crippen molar-refractivity contribution in [3.8, 4) is 34.5 Å². The van der Waals surface area contributed by atoms with Gasteiger partial charge in [0.15, 0.2) is 5.01 Å². The molecule has 38 heavy (non-hydrogen) atoms. The summed E-state index contributed by atoms with van der Waals surface area (Å²) in [6.45, 7) is 0. The van der Waals surface area contributed by atoms with Gasteiger partial charge in [-0.1, -0.05) is 28.9 Å². The average molecular weight is 555 g/mol. The number of amides is 1. The number of nitrogens with zero attached hydrogens (tertiary/aromatic N) is 5. The molecule has 0 aromatic carbocycles. The summed E-state index contributed by atoms with van der Waals surface area (Å²) in [5.41, 5.74) is -0.634.